The summed E-state index contributed by atoms with van der Waals surface area (Å²) in [6.07, 6.45) is -0.651. The molecule has 0 aliphatic heterocycles. The number of phenols is 1. The number of aromatic hydroxyl groups is 1. The number of ether oxygens (including phenoxy) is 1. The van der Waals surface area contributed by atoms with Crippen molar-refractivity contribution in [1.82, 2.24) is 0 Å². The largest absolute Gasteiger partial charge is 0.506 e. The van der Waals surface area contributed by atoms with E-state index in [-0.39, 0.29) is 18.0 Å². The zero-order valence-electron chi connectivity index (χ0n) is 11.3. The number of rotatable bonds is 3. The highest BCUT2D eigenvalue weighted by molar-refractivity contribution is 5.86. The van der Waals surface area contributed by atoms with Gasteiger partial charge in [-0.25, -0.2) is 4.79 Å². The van der Waals surface area contributed by atoms with Gasteiger partial charge in [-0.1, -0.05) is 6.07 Å². The molecular formula is C13H20N2O4. The number of aliphatic hydroxyl groups excluding tert-OH is 1. The first kappa shape index (κ1) is 15.3. The number of nitrogens with two attached hydrogens (primary N) is 1. The third-order valence-electron chi connectivity index (χ3n) is 2.28. The summed E-state index contributed by atoms with van der Waals surface area (Å²) in [4.78, 5) is 11.5. The van der Waals surface area contributed by atoms with Crippen molar-refractivity contribution < 1.29 is 19.7 Å². The summed E-state index contributed by atoms with van der Waals surface area (Å²) >= 11 is 0. The van der Waals surface area contributed by atoms with Crippen LogP contribution in [0, 0.1) is 0 Å². The Balaban J connectivity index is 2.78. The maximum atomic E-state index is 11.5. The molecule has 0 fully saturated rings. The van der Waals surface area contributed by atoms with Gasteiger partial charge in [-0.2, -0.15) is 0 Å². The molecule has 6 heteroatoms. The second-order valence-corrected chi connectivity index (χ2v) is 5.19. The molecule has 5 N–H and O–H groups in total. The number of carbonyl (C=O) groups is 1. The molecule has 1 atom stereocenters. The Morgan fingerprint density at radius 3 is 2.58 bits per heavy atom. The number of hydrogen-bond donors (Lipinski definition) is 4. The fourth-order valence-corrected chi connectivity index (χ4v) is 1.40. The average molecular weight is 268 g/mol. The van der Waals surface area contributed by atoms with Crippen LogP contribution in [0.2, 0.25) is 0 Å². The highest BCUT2D eigenvalue weighted by atomic mass is 16.6. The van der Waals surface area contributed by atoms with E-state index in [0.29, 0.717) is 5.56 Å². The number of anilines is 1. The van der Waals surface area contributed by atoms with E-state index in [1.165, 1.54) is 12.1 Å². The van der Waals surface area contributed by atoms with Gasteiger partial charge in [-0.15, -0.1) is 0 Å². The van der Waals surface area contributed by atoms with Crippen molar-refractivity contribution >= 4 is 11.8 Å². The molecular weight excluding hydrogens is 248 g/mol. The van der Waals surface area contributed by atoms with Crippen LogP contribution in [0.15, 0.2) is 18.2 Å². The van der Waals surface area contributed by atoms with E-state index in [1.54, 1.807) is 26.8 Å². The third kappa shape index (κ3) is 4.76. The summed E-state index contributed by atoms with van der Waals surface area (Å²) in [7, 11) is 0. The summed E-state index contributed by atoms with van der Waals surface area (Å²) in [5.74, 6) is -0.132. The van der Waals surface area contributed by atoms with Gasteiger partial charge in [0, 0.05) is 0 Å². The standard InChI is InChI=1S/C13H20N2O4/c1-13(2,3)19-12(18)15-10-5-4-8(6-11(10)17)9(14)7-16/h4-6,9,16-17H,7,14H2,1-3H3,(H,15,18). The Bertz CT molecular complexity index is 454. The van der Waals surface area contributed by atoms with Crippen molar-refractivity contribution in [3.63, 3.8) is 0 Å². The van der Waals surface area contributed by atoms with Crippen molar-refractivity contribution in [1.29, 1.82) is 0 Å². The lowest BCUT2D eigenvalue weighted by atomic mass is 10.1. The monoisotopic (exact) mass is 268 g/mol. The van der Waals surface area contributed by atoms with Gasteiger partial charge >= 0.3 is 6.09 Å². The summed E-state index contributed by atoms with van der Waals surface area (Å²) in [6.45, 7) is 5.01. The first-order valence-electron chi connectivity index (χ1n) is 5.92. The lowest BCUT2D eigenvalue weighted by molar-refractivity contribution is 0.0635. The van der Waals surface area contributed by atoms with Gasteiger partial charge in [-0.05, 0) is 38.5 Å². The lowest BCUT2D eigenvalue weighted by Crippen LogP contribution is -2.27. The van der Waals surface area contributed by atoms with Crippen LogP contribution < -0.4 is 11.1 Å². The lowest BCUT2D eigenvalue weighted by Gasteiger charge is -2.20. The minimum absolute atomic E-state index is 0.132. The van der Waals surface area contributed by atoms with Crippen LogP contribution in [-0.2, 0) is 4.74 Å². The smallest absolute Gasteiger partial charge is 0.412 e. The van der Waals surface area contributed by atoms with Gasteiger partial charge in [0.15, 0.2) is 0 Å². The van der Waals surface area contributed by atoms with Crippen molar-refractivity contribution in [3.8, 4) is 5.75 Å². The second kappa shape index (κ2) is 5.90. The SMILES string of the molecule is CC(C)(C)OC(=O)Nc1ccc(C(N)CO)cc1O. The Labute approximate surface area is 112 Å². The molecule has 0 aliphatic carbocycles. The zero-order chi connectivity index (χ0) is 14.6. The molecule has 1 rings (SSSR count). The fraction of sp³-hybridized carbons (Fsp3) is 0.462. The van der Waals surface area contributed by atoms with E-state index in [0.717, 1.165) is 0 Å². The maximum absolute atomic E-state index is 11.5. The van der Waals surface area contributed by atoms with Crippen LogP contribution in [0.5, 0.6) is 5.75 Å². The number of amides is 1. The Hall–Kier alpha value is -1.79. The van der Waals surface area contributed by atoms with Crippen molar-refractivity contribution in [2.45, 2.75) is 32.4 Å². The van der Waals surface area contributed by atoms with E-state index >= 15 is 0 Å². The topological polar surface area (TPSA) is 105 Å². The minimum atomic E-state index is -0.651. The normalized spacial score (nSPS) is 12.9. The molecule has 0 saturated heterocycles. The Kier molecular flexibility index (Phi) is 4.74. The average Bonchev–Trinajstić information content (AvgIpc) is 2.28. The molecule has 1 aromatic rings. The number of hydrogen-bond acceptors (Lipinski definition) is 5. The van der Waals surface area contributed by atoms with E-state index in [1.807, 2.05) is 0 Å². The summed E-state index contributed by atoms with van der Waals surface area (Å²) in [5, 5.41) is 21.1. The fourth-order valence-electron chi connectivity index (χ4n) is 1.40. The van der Waals surface area contributed by atoms with Crippen LogP contribution in [0.1, 0.15) is 32.4 Å². The number of aliphatic hydroxyl groups is 1. The van der Waals surface area contributed by atoms with Gasteiger partial charge in [0.2, 0.25) is 0 Å². The first-order valence-corrected chi connectivity index (χ1v) is 5.92. The van der Waals surface area contributed by atoms with Gasteiger partial charge in [-0.3, -0.25) is 5.32 Å². The summed E-state index contributed by atoms with van der Waals surface area (Å²) in [5.41, 5.74) is 5.82. The van der Waals surface area contributed by atoms with Crippen LogP contribution >= 0.6 is 0 Å². The molecule has 0 bridgehead atoms. The zero-order valence-corrected chi connectivity index (χ0v) is 11.3. The Morgan fingerprint density at radius 2 is 2.11 bits per heavy atom. The molecule has 0 aliphatic rings. The molecule has 6 nitrogen and oxygen atoms in total. The summed E-state index contributed by atoms with van der Waals surface area (Å²) < 4.78 is 5.07. The second-order valence-electron chi connectivity index (χ2n) is 5.19. The molecule has 0 spiro atoms. The van der Waals surface area contributed by atoms with Crippen LogP contribution in [0.25, 0.3) is 0 Å². The predicted molar refractivity (Wildman–Crippen MR) is 72.0 cm³/mol. The van der Waals surface area contributed by atoms with E-state index in [4.69, 9.17) is 15.6 Å². The molecule has 19 heavy (non-hydrogen) atoms. The molecule has 106 valence electrons. The maximum Gasteiger partial charge on any atom is 0.412 e. The minimum Gasteiger partial charge on any atom is -0.506 e. The molecule has 1 aromatic carbocycles. The highest BCUT2D eigenvalue weighted by Crippen LogP contribution is 2.27. The molecule has 1 unspecified atom stereocenters. The van der Waals surface area contributed by atoms with Crippen molar-refractivity contribution in [2.75, 3.05) is 11.9 Å². The highest BCUT2D eigenvalue weighted by Gasteiger charge is 2.17. The number of carbonyl (C=O) groups excluding carboxylic acids is 1. The van der Waals surface area contributed by atoms with Crippen molar-refractivity contribution in [3.05, 3.63) is 23.8 Å². The molecule has 0 aromatic heterocycles. The van der Waals surface area contributed by atoms with Crippen LogP contribution in [-0.4, -0.2) is 28.5 Å². The first-order chi connectivity index (χ1) is 8.73. The van der Waals surface area contributed by atoms with Crippen LogP contribution in [0.3, 0.4) is 0 Å². The number of benzene rings is 1. The number of nitrogens with one attached hydrogen (secondary N) is 1. The molecule has 1 amide bonds. The van der Waals surface area contributed by atoms with Gasteiger partial charge in [0.1, 0.15) is 11.4 Å². The molecule has 0 heterocycles. The summed E-state index contributed by atoms with van der Waals surface area (Å²) in [6, 6.07) is 3.95. The molecule has 0 saturated carbocycles. The van der Waals surface area contributed by atoms with Gasteiger partial charge in [0.25, 0.3) is 0 Å². The van der Waals surface area contributed by atoms with E-state index in [9.17, 15) is 9.90 Å². The van der Waals surface area contributed by atoms with Crippen LogP contribution in [0.4, 0.5) is 10.5 Å². The van der Waals surface area contributed by atoms with Gasteiger partial charge in [0.05, 0.1) is 18.3 Å². The third-order valence-corrected chi connectivity index (χ3v) is 2.28. The predicted octanol–water partition coefficient (Wildman–Crippen LogP) is 1.73. The van der Waals surface area contributed by atoms with E-state index in [2.05, 4.69) is 5.32 Å². The van der Waals surface area contributed by atoms with Gasteiger partial charge < -0.3 is 20.7 Å². The van der Waals surface area contributed by atoms with Crippen molar-refractivity contribution in [2.24, 2.45) is 5.73 Å². The molecule has 0 radical (unpaired) electrons. The number of phenolic OH excluding ortho intramolecular Hbond substituents is 1. The quantitative estimate of drug-likeness (QED) is 0.625. The van der Waals surface area contributed by atoms with E-state index < -0.39 is 17.7 Å². The Morgan fingerprint density at radius 1 is 1.47 bits per heavy atom.